The second-order valence-corrected chi connectivity index (χ2v) is 5.17. The number of hydrogen-bond donors (Lipinski definition) is 2. The van der Waals surface area contributed by atoms with Crippen molar-refractivity contribution in [3.05, 3.63) is 29.8 Å². The Kier molecular flexibility index (Phi) is 5.18. The summed E-state index contributed by atoms with van der Waals surface area (Å²) in [7, 11) is 1.58. The number of nitrogens with one attached hydrogen (secondary N) is 1. The molecule has 19 heavy (non-hydrogen) atoms. The van der Waals surface area contributed by atoms with Gasteiger partial charge in [-0.2, -0.15) is 0 Å². The molecule has 1 atom stereocenters. The molecule has 0 bridgehead atoms. The van der Waals surface area contributed by atoms with Crippen molar-refractivity contribution >= 4 is 6.09 Å². The Hall–Kier alpha value is -1.75. The maximum atomic E-state index is 11.4. The van der Waals surface area contributed by atoms with Gasteiger partial charge in [0, 0.05) is 0 Å². The number of aliphatic hydroxyl groups is 1. The molecule has 0 saturated heterocycles. The number of amides is 1. The molecule has 0 heterocycles. The number of carbonyl (C=O) groups excluding carboxylic acids is 1. The Bertz CT molecular complexity index is 408. The lowest BCUT2D eigenvalue weighted by atomic mass is 10.1. The maximum absolute atomic E-state index is 11.4. The molecule has 0 aliphatic rings. The summed E-state index contributed by atoms with van der Waals surface area (Å²) in [4.78, 5) is 11.4. The minimum atomic E-state index is -0.779. The summed E-state index contributed by atoms with van der Waals surface area (Å²) in [6, 6.07) is 7.01. The third kappa shape index (κ3) is 5.61. The number of aliphatic hydroxyl groups excluding tert-OH is 1. The minimum Gasteiger partial charge on any atom is -0.497 e. The van der Waals surface area contributed by atoms with Crippen LogP contribution in [0.4, 0.5) is 4.79 Å². The van der Waals surface area contributed by atoms with Gasteiger partial charge in [0.1, 0.15) is 11.4 Å². The molecular weight excluding hydrogens is 246 g/mol. The van der Waals surface area contributed by atoms with E-state index in [4.69, 9.17) is 9.47 Å². The number of hydrogen-bond acceptors (Lipinski definition) is 4. The van der Waals surface area contributed by atoms with E-state index in [1.54, 1.807) is 52.1 Å². The minimum absolute atomic E-state index is 0.0985. The maximum Gasteiger partial charge on any atom is 0.407 e. The van der Waals surface area contributed by atoms with Crippen LogP contribution in [0.2, 0.25) is 0 Å². The highest BCUT2D eigenvalue weighted by Crippen LogP contribution is 2.17. The third-order valence-corrected chi connectivity index (χ3v) is 2.34. The van der Waals surface area contributed by atoms with Crippen LogP contribution < -0.4 is 10.1 Å². The highest BCUT2D eigenvalue weighted by atomic mass is 16.6. The molecule has 5 heteroatoms. The molecule has 0 radical (unpaired) electrons. The summed E-state index contributed by atoms with van der Waals surface area (Å²) in [5.74, 6) is 0.719. The zero-order valence-corrected chi connectivity index (χ0v) is 11.8. The average molecular weight is 267 g/mol. The van der Waals surface area contributed by atoms with Crippen molar-refractivity contribution in [2.24, 2.45) is 0 Å². The van der Waals surface area contributed by atoms with E-state index < -0.39 is 17.8 Å². The lowest BCUT2D eigenvalue weighted by Crippen LogP contribution is -2.34. The molecule has 0 saturated carbocycles. The molecule has 1 aromatic rings. The third-order valence-electron chi connectivity index (χ3n) is 2.34. The molecular formula is C14H21NO4. The van der Waals surface area contributed by atoms with Crippen molar-refractivity contribution < 1.29 is 19.4 Å². The predicted octanol–water partition coefficient (Wildman–Crippen LogP) is 2.25. The number of methoxy groups -OCH3 is 1. The average Bonchev–Trinajstić information content (AvgIpc) is 2.34. The fourth-order valence-electron chi connectivity index (χ4n) is 1.44. The van der Waals surface area contributed by atoms with Crippen LogP contribution >= 0.6 is 0 Å². The van der Waals surface area contributed by atoms with Crippen LogP contribution in [0.5, 0.6) is 5.75 Å². The molecule has 106 valence electrons. The number of carbonyl (C=O) groups is 1. The Balaban J connectivity index is 2.46. The Morgan fingerprint density at radius 3 is 2.37 bits per heavy atom. The van der Waals surface area contributed by atoms with Crippen molar-refractivity contribution in [2.45, 2.75) is 32.5 Å². The molecule has 0 aliphatic carbocycles. The van der Waals surface area contributed by atoms with E-state index in [2.05, 4.69) is 5.32 Å². The summed E-state index contributed by atoms with van der Waals surface area (Å²) >= 11 is 0. The van der Waals surface area contributed by atoms with E-state index in [1.807, 2.05) is 0 Å². The van der Waals surface area contributed by atoms with Crippen molar-refractivity contribution in [1.29, 1.82) is 0 Å². The van der Waals surface area contributed by atoms with Gasteiger partial charge in [0.2, 0.25) is 0 Å². The Labute approximate surface area is 113 Å². The lowest BCUT2D eigenvalue weighted by molar-refractivity contribution is 0.0492. The highest BCUT2D eigenvalue weighted by molar-refractivity contribution is 5.67. The molecule has 1 rings (SSSR count). The van der Waals surface area contributed by atoms with Gasteiger partial charge in [0.25, 0.3) is 0 Å². The molecule has 0 spiro atoms. The quantitative estimate of drug-likeness (QED) is 0.878. The van der Waals surface area contributed by atoms with Gasteiger partial charge in [-0.15, -0.1) is 0 Å². The zero-order chi connectivity index (χ0) is 14.5. The van der Waals surface area contributed by atoms with E-state index >= 15 is 0 Å². The topological polar surface area (TPSA) is 67.8 Å². The van der Waals surface area contributed by atoms with Gasteiger partial charge in [-0.1, -0.05) is 12.1 Å². The van der Waals surface area contributed by atoms with E-state index in [-0.39, 0.29) is 6.54 Å². The number of ether oxygens (including phenoxy) is 2. The van der Waals surface area contributed by atoms with Gasteiger partial charge < -0.3 is 19.9 Å². The fourth-order valence-corrected chi connectivity index (χ4v) is 1.44. The fraction of sp³-hybridized carbons (Fsp3) is 0.500. The van der Waals surface area contributed by atoms with Gasteiger partial charge in [-0.3, -0.25) is 0 Å². The molecule has 0 aliphatic heterocycles. The summed E-state index contributed by atoms with van der Waals surface area (Å²) < 4.78 is 10.1. The Morgan fingerprint density at radius 2 is 1.89 bits per heavy atom. The van der Waals surface area contributed by atoms with Crippen LogP contribution in [0.1, 0.15) is 32.4 Å². The number of rotatable bonds is 4. The Morgan fingerprint density at radius 1 is 1.32 bits per heavy atom. The van der Waals surface area contributed by atoms with Gasteiger partial charge in [-0.25, -0.2) is 4.79 Å². The predicted molar refractivity (Wildman–Crippen MR) is 72.2 cm³/mol. The highest BCUT2D eigenvalue weighted by Gasteiger charge is 2.17. The first-order valence-corrected chi connectivity index (χ1v) is 6.10. The van der Waals surface area contributed by atoms with Gasteiger partial charge in [-0.05, 0) is 38.5 Å². The van der Waals surface area contributed by atoms with Crippen LogP contribution in [0.15, 0.2) is 24.3 Å². The lowest BCUT2D eigenvalue weighted by Gasteiger charge is -2.20. The zero-order valence-electron chi connectivity index (χ0n) is 11.8. The molecule has 5 nitrogen and oxygen atoms in total. The van der Waals surface area contributed by atoms with E-state index in [1.165, 1.54) is 0 Å². The van der Waals surface area contributed by atoms with Crippen molar-refractivity contribution in [2.75, 3.05) is 13.7 Å². The summed E-state index contributed by atoms with van der Waals surface area (Å²) in [6.45, 7) is 5.45. The normalized spacial score (nSPS) is 12.7. The van der Waals surface area contributed by atoms with Gasteiger partial charge in [0.15, 0.2) is 0 Å². The first-order valence-electron chi connectivity index (χ1n) is 6.10. The van der Waals surface area contributed by atoms with Crippen molar-refractivity contribution in [3.63, 3.8) is 0 Å². The van der Waals surface area contributed by atoms with Gasteiger partial charge >= 0.3 is 6.09 Å². The monoisotopic (exact) mass is 267 g/mol. The SMILES string of the molecule is COc1ccc([C@@H](O)CNC(=O)OC(C)(C)C)cc1. The number of benzene rings is 1. The van der Waals surface area contributed by atoms with Crippen LogP contribution in [0.25, 0.3) is 0 Å². The summed E-state index contributed by atoms with van der Waals surface area (Å²) in [5, 5.41) is 12.4. The smallest absolute Gasteiger partial charge is 0.407 e. The number of alkyl carbamates (subject to hydrolysis) is 1. The van der Waals surface area contributed by atoms with Crippen LogP contribution in [0, 0.1) is 0 Å². The molecule has 0 unspecified atom stereocenters. The van der Waals surface area contributed by atoms with Crippen LogP contribution in [0.3, 0.4) is 0 Å². The largest absolute Gasteiger partial charge is 0.497 e. The van der Waals surface area contributed by atoms with Gasteiger partial charge in [0.05, 0.1) is 19.8 Å². The van der Waals surface area contributed by atoms with Crippen LogP contribution in [-0.4, -0.2) is 30.5 Å². The summed E-state index contributed by atoms with van der Waals surface area (Å²) in [5.41, 5.74) is 0.159. The standard InChI is InChI=1S/C14H21NO4/c1-14(2,3)19-13(17)15-9-12(16)10-5-7-11(18-4)8-6-10/h5-8,12,16H,9H2,1-4H3,(H,15,17)/t12-/m0/s1. The summed E-state index contributed by atoms with van der Waals surface area (Å²) in [6.07, 6.45) is -1.32. The first-order chi connectivity index (χ1) is 8.81. The van der Waals surface area contributed by atoms with Crippen molar-refractivity contribution in [1.82, 2.24) is 5.32 Å². The second-order valence-electron chi connectivity index (χ2n) is 5.17. The molecule has 2 N–H and O–H groups in total. The molecule has 0 fully saturated rings. The van der Waals surface area contributed by atoms with Crippen LogP contribution in [-0.2, 0) is 4.74 Å². The molecule has 0 aromatic heterocycles. The second kappa shape index (κ2) is 6.43. The molecule has 1 amide bonds. The van der Waals surface area contributed by atoms with E-state index in [9.17, 15) is 9.90 Å². The van der Waals surface area contributed by atoms with E-state index in [0.717, 1.165) is 5.75 Å². The molecule has 1 aromatic carbocycles. The van der Waals surface area contributed by atoms with E-state index in [0.29, 0.717) is 5.56 Å². The first kappa shape index (κ1) is 15.3. The van der Waals surface area contributed by atoms with Crippen molar-refractivity contribution in [3.8, 4) is 5.75 Å².